The molecule has 2 heterocycles. The van der Waals surface area contributed by atoms with Crippen molar-refractivity contribution >= 4 is 17.6 Å². The molecule has 7 nitrogen and oxygen atoms in total. The van der Waals surface area contributed by atoms with Gasteiger partial charge in [0.15, 0.2) is 11.5 Å². The third-order valence-electron chi connectivity index (χ3n) is 6.94. The molecule has 0 saturated heterocycles. The van der Waals surface area contributed by atoms with Crippen LogP contribution in [0.4, 0.5) is 5.69 Å². The van der Waals surface area contributed by atoms with E-state index in [1.807, 2.05) is 48.5 Å². The lowest BCUT2D eigenvalue weighted by Crippen LogP contribution is -2.44. The molecule has 1 atom stereocenters. The van der Waals surface area contributed by atoms with Crippen LogP contribution in [0.2, 0.25) is 0 Å². The van der Waals surface area contributed by atoms with E-state index in [-0.39, 0.29) is 25.8 Å². The Bertz CT molecular complexity index is 1430. The molecule has 3 aromatic carbocycles. The van der Waals surface area contributed by atoms with Gasteiger partial charge in [0.25, 0.3) is 5.91 Å². The Labute approximate surface area is 208 Å². The number of anilines is 1. The first-order valence-corrected chi connectivity index (χ1v) is 11.8. The van der Waals surface area contributed by atoms with Gasteiger partial charge in [0.05, 0.1) is 5.56 Å². The molecule has 1 fully saturated rings. The number of carbonyl (C=O) groups is 2. The van der Waals surface area contributed by atoms with Crippen molar-refractivity contribution in [3.8, 4) is 23.3 Å². The second-order valence-corrected chi connectivity index (χ2v) is 9.40. The van der Waals surface area contributed by atoms with E-state index in [1.165, 1.54) is 0 Å². The van der Waals surface area contributed by atoms with E-state index in [4.69, 9.17) is 14.2 Å². The molecule has 2 N–H and O–H groups in total. The molecule has 1 saturated carbocycles. The molecular formula is C29H23NO6. The second-order valence-electron chi connectivity index (χ2n) is 9.40. The fourth-order valence-corrected chi connectivity index (χ4v) is 4.76. The number of carbonyl (C=O) groups excluding carboxylic acids is 2. The predicted molar refractivity (Wildman–Crippen MR) is 131 cm³/mol. The Hall–Kier alpha value is -4.28. The highest BCUT2D eigenvalue weighted by Crippen LogP contribution is 2.55. The molecule has 36 heavy (non-hydrogen) atoms. The highest BCUT2D eigenvalue weighted by molar-refractivity contribution is 6.01. The Balaban J connectivity index is 1.31. The number of ether oxygens (including phenoxy) is 3. The lowest BCUT2D eigenvalue weighted by Gasteiger charge is -2.27. The monoisotopic (exact) mass is 481 g/mol. The third kappa shape index (κ3) is 4.06. The number of fused-ring (bicyclic) bond motifs is 2. The highest BCUT2D eigenvalue weighted by Gasteiger charge is 2.52. The number of hydrogen-bond donors (Lipinski definition) is 2. The number of nitrogens with one attached hydrogen (secondary N) is 1. The van der Waals surface area contributed by atoms with Crippen LogP contribution in [0.25, 0.3) is 0 Å². The minimum Gasteiger partial charge on any atom is -0.457 e. The normalized spacial score (nSPS) is 17.8. The van der Waals surface area contributed by atoms with Crippen LogP contribution >= 0.6 is 0 Å². The van der Waals surface area contributed by atoms with Crippen LogP contribution in [-0.4, -0.2) is 29.4 Å². The first-order chi connectivity index (χ1) is 17.4. The van der Waals surface area contributed by atoms with Crippen molar-refractivity contribution in [1.82, 2.24) is 0 Å². The average molecular weight is 482 g/mol. The summed E-state index contributed by atoms with van der Waals surface area (Å²) >= 11 is 0. The smallest absolute Gasteiger partial charge is 0.338 e. The minimum atomic E-state index is -1.96. The zero-order chi connectivity index (χ0) is 24.8. The molecule has 0 bridgehead atoms. The number of cyclic esters (lactones) is 1. The van der Waals surface area contributed by atoms with E-state index in [0.29, 0.717) is 33.9 Å². The van der Waals surface area contributed by atoms with Crippen molar-refractivity contribution < 1.29 is 28.9 Å². The Kier molecular flexibility index (Phi) is 5.20. The summed E-state index contributed by atoms with van der Waals surface area (Å²) in [6, 6.07) is 19.9. The van der Waals surface area contributed by atoms with Gasteiger partial charge in [-0.3, -0.25) is 4.79 Å². The standard InChI is InChI=1S/C29H23NO6/c31-26-23-8-7-22(14-20(23)16-34-26)30-27(32)29(33,11-10-19-4-2-1-3-5-19)17-28(12-13-28)21-6-9-24-25(15-21)36-18-35-24/h1-9,14-15,33H,12-13,16-18H2,(H,30,32). The van der Waals surface area contributed by atoms with E-state index in [1.54, 1.807) is 18.2 Å². The maximum Gasteiger partial charge on any atom is 0.338 e. The molecule has 7 heteroatoms. The highest BCUT2D eigenvalue weighted by atomic mass is 16.7. The van der Waals surface area contributed by atoms with Crippen LogP contribution in [0.3, 0.4) is 0 Å². The number of benzene rings is 3. The van der Waals surface area contributed by atoms with Crippen LogP contribution in [0.1, 0.15) is 46.3 Å². The molecule has 2 aliphatic heterocycles. The van der Waals surface area contributed by atoms with Gasteiger partial charge in [-0.15, -0.1) is 0 Å². The maximum absolute atomic E-state index is 13.5. The van der Waals surface area contributed by atoms with Gasteiger partial charge >= 0.3 is 5.97 Å². The van der Waals surface area contributed by atoms with E-state index in [2.05, 4.69) is 17.2 Å². The van der Waals surface area contributed by atoms with Crippen molar-refractivity contribution in [1.29, 1.82) is 0 Å². The summed E-state index contributed by atoms with van der Waals surface area (Å²) < 4.78 is 16.0. The molecule has 3 aromatic rings. The van der Waals surface area contributed by atoms with Gasteiger partial charge in [-0.2, -0.15) is 0 Å². The molecule has 180 valence electrons. The Morgan fingerprint density at radius 3 is 2.61 bits per heavy atom. The van der Waals surface area contributed by atoms with Gasteiger partial charge in [-0.25, -0.2) is 4.79 Å². The summed E-state index contributed by atoms with van der Waals surface area (Å²) in [5.41, 5.74) is 0.940. The summed E-state index contributed by atoms with van der Waals surface area (Å²) in [4.78, 5) is 25.3. The molecule has 3 aliphatic rings. The quantitative estimate of drug-likeness (QED) is 0.424. The van der Waals surface area contributed by atoms with Gasteiger partial charge in [-0.05, 0) is 66.3 Å². The number of amides is 1. The minimum absolute atomic E-state index is 0.123. The van der Waals surface area contributed by atoms with E-state index in [0.717, 1.165) is 18.4 Å². The Morgan fingerprint density at radius 1 is 1.00 bits per heavy atom. The van der Waals surface area contributed by atoms with Crippen LogP contribution in [0.5, 0.6) is 11.5 Å². The summed E-state index contributed by atoms with van der Waals surface area (Å²) in [7, 11) is 0. The van der Waals surface area contributed by atoms with Crippen LogP contribution in [0, 0.1) is 11.8 Å². The molecule has 6 rings (SSSR count). The summed E-state index contributed by atoms with van der Waals surface area (Å²) in [6.45, 7) is 0.335. The maximum atomic E-state index is 13.5. The molecule has 1 unspecified atom stereocenters. The second kappa shape index (κ2) is 8.43. The number of esters is 1. The summed E-state index contributed by atoms with van der Waals surface area (Å²) in [5.74, 6) is 6.19. The van der Waals surface area contributed by atoms with Gasteiger partial charge in [0.1, 0.15) is 6.61 Å². The predicted octanol–water partition coefficient (Wildman–Crippen LogP) is 3.93. The lowest BCUT2D eigenvalue weighted by atomic mass is 9.82. The fraction of sp³-hybridized carbons (Fsp3) is 0.241. The van der Waals surface area contributed by atoms with E-state index >= 15 is 0 Å². The largest absolute Gasteiger partial charge is 0.457 e. The first kappa shape index (κ1) is 22.2. The van der Waals surface area contributed by atoms with Crippen LogP contribution in [-0.2, 0) is 21.6 Å². The van der Waals surface area contributed by atoms with Crippen LogP contribution < -0.4 is 14.8 Å². The summed E-state index contributed by atoms with van der Waals surface area (Å²) in [6.07, 6.45) is 1.75. The number of hydrogen-bond acceptors (Lipinski definition) is 6. The molecule has 1 amide bonds. The third-order valence-corrected chi connectivity index (χ3v) is 6.94. The number of aliphatic hydroxyl groups is 1. The number of rotatable bonds is 5. The molecule has 1 aliphatic carbocycles. The zero-order valence-electron chi connectivity index (χ0n) is 19.4. The molecule has 0 spiro atoms. The van der Waals surface area contributed by atoms with Crippen LogP contribution in [0.15, 0.2) is 66.7 Å². The average Bonchev–Trinajstić information content (AvgIpc) is 3.34. The van der Waals surface area contributed by atoms with E-state index < -0.39 is 16.9 Å². The van der Waals surface area contributed by atoms with Crippen molar-refractivity contribution in [3.63, 3.8) is 0 Å². The SMILES string of the molecule is O=C1OCc2cc(NC(=O)C(O)(C#Cc3ccccc3)CC3(c4ccc5c(c4)OCO5)CC3)ccc21. The van der Waals surface area contributed by atoms with Gasteiger partial charge in [0, 0.05) is 23.2 Å². The molecule has 0 radical (unpaired) electrons. The van der Waals surface area contributed by atoms with Gasteiger partial charge in [0.2, 0.25) is 12.4 Å². The van der Waals surface area contributed by atoms with Crippen molar-refractivity contribution in [3.05, 3.63) is 89.0 Å². The first-order valence-electron chi connectivity index (χ1n) is 11.8. The van der Waals surface area contributed by atoms with Crippen molar-refractivity contribution in [2.45, 2.75) is 36.9 Å². The molecule has 0 aromatic heterocycles. The summed E-state index contributed by atoms with van der Waals surface area (Å²) in [5, 5.41) is 14.6. The van der Waals surface area contributed by atoms with Crippen molar-refractivity contribution in [2.75, 3.05) is 12.1 Å². The zero-order valence-corrected chi connectivity index (χ0v) is 19.4. The van der Waals surface area contributed by atoms with Crippen molar-refractivity contribution in [2.24, 2.45) is 0 Å². The lowest BCUT2D eigenvalue weighted by molar-refractivity contribution is -0.130. The van der Waals surface area contributed by atoms with Gasteiger partial charge < -0.3 is 24.6 Å². The fourth-order valence-electron chi connectivity index (χ4n) is 4.76. The van der Waals surface area contributed by atoms with E-state index in [9.17, 15) is 14.7 Å². The molecular weight excluding hydrogens is 458 g/mol. The van der Waals surface area contributed by atoms with Gasteiger partial charge in [-0.1, -0.05) is 36.1 Å². The Morgan fingerprint density at radius 2 is 1.81 bits per heavy atom. The topological polar surface area (TPSA) is 94.1 Å².